The second kappa shape index (κ2) is 3.89. The second-order valence-corrected chi connectivity index (χ2v) is 4.66. The van der Waals surface area contributed by atoms with E-state index in [0.29, 0.717) is 18.4 Å². The standard InChI is InChI=1S/C12H11BrO2/c1-2-11(14)10-5-7-3-4-8(13)6-9(7)12(10)15/h3-4,6,10H,2,5H2,1H3. The molecule has 1 aliphatic rings. The monoisotopic (exact) mass is 266 g/mol. The van der Waals surface area contributed by atoms with Gasteiger partial charge in [-0.15, -0.1) is 0 Å². The van der Waals surface area contributed by atoms with E-state index >= 15 is 0 Å². The largest absolute Gasteiger partial charge is 0.299 e. The fourth-order valence-corrected chi connectivity index (χ4v) is 2.32. The number of hydrogen-bond acceptors (Lipinski definition) is 2. The van der Waals surface area contributed by atoms with Crippen molar-refractivity contribution in [1.82, 2.24) is 0 Å². The van der Waals surface area contributed by atoms with Crippen LogP contribution in [0.2, 0.25) is 0 Å². The SMILES string of the molecule is CCC(=O)C1Cc2ccc(Br)cc2C1=O. The molecular weight excluding hydrogens is 256 g/mol. The molecule has 2 rings (SSSR count). The van der Waals surface area contributed by atoms with E-state index < -0.39 is 5.92 Å². The zero-order chi connectivity index (χ0) is 11.0. The quantitative estimate of drug-likeness (QED) is 0.772. The predicted molar refractivity (Wildman–Crippen MR) is 61.0 cm³/mol. The molecule has 78 valence electrons. The molecule has 0 saturated carbocycles. The van der Waals surface area contributed by atoms with Gasteiger partial charge in [-0.3, -0.25) is 9.59 Å². The number of ketones is 2. The summed E-state index contributed by atoms with van der Waals surface area (Å²) in [5.41, 5.74) is 1.70. The molecule has 0 bridgehead atoms. The Labute approximate surface area is 96.8 Å². The van der Waals surface area contributed by atoms with Crippen molar-refractivity contribution in [2.45, 2.75) is 19.8 Å². The minimum atomic E-state index is -0.431. The summed E-state index contributed by atoms with van der Waals surface area (Å²) in [6, 6.07) is 5.63. The van der Waals surface area contributed by atoms with E-state index in [1.165, 1.54) is 0 Å². The van der Waals surface area contributed by atoms with Crippen LogP contribution in [-0.2, 0) is 11.2 Å². The summed E-state index contributed by atoms with van der Waals surface area (Å²) in [5.74, 6) is -0.398. The molecule has 3 heteroatoms. The lowest BCUT2D eigenvalue weighted by molar-refractivity contribution is -0.121. The first-order valence-electron chi connectivity index (χ1n) is 4.99. The Hall–Kier alpha value is -0.960. The fraction of sp³-hybridized carbons (Fsp3) is 0.333. The molecule has 0 radical (unpaired) electrons. The summed E-state index contributed by atoms with van der Waals surface area (Å²) in [4.78, 5) is 23.5. The van der Waals surface area contributed by atoms with Crippen molar-refractivity contribution in [3.8, 4) is 0 Å². The van der Waals surface area contributed by atoms with Crippen LogP contribution in [0.3, 0.4) is 0 Å². The van der Waals surface area contributed by atoms with Crippen LogP contribution in [0.5, 0.6) is 0 Å². The summed E-state index contributed by atoms with van der Waals surface area (Å²) in [6.45, 7) is 1.80. The van der Waals surface area contributed by atoms with Gasteiger partial charge in [0.2, 0.25) is 0 Å². The summed E-state index contributed by atoms with van der Waals surface area (Å²) >= 11 is 3.33. The smallest absolute Gasteiger partial charge is 0.173 e. The molecule has 1 aromatic rings. The highest BCUT2D eigenvalue weighted by Crippen LogP contribution is 2.30. The molecule has 0 fully saturated rings. The van der Waals surface area contributed by atoms with Gasteiger partial charge in [-0.25, -0.2) is 0 Å². The van der Waals surface area contributed by atoms with Crippen molar-refractivity contribution in [2.75, 3.05) is 0 Å². The van der Waals surface area contributed by atoms with Crippen LogP contribution in [0.25, 0.3) is 0 Å². The van der Waals surface area contributed by atoms with E-state index in [9.17, 15) is 9.59 Å². The molecule has 2 nitrogen and oxygen atoms in total. The first-order chi connectivity index (χ1) is 7.13. The van der Waals surface area contributed by atoms with Crippen molar-refractivity contribution in [3.63, 3.8) is 0 Å². The van der Waals surface area contributed by atoms with Gasteiger partial charge in [0, 0.05) is 16.5 Å². The average molecular weight is 267 g/mol. The summed E-state index contributed by atoms with van der Waals surface area (Å²) in [6.07, 6.45) is 1.01. The highest BCUT2D eigenvalue weighted by molar-refractivity contribution is 9.10. The molecule has 0 saturated heterocycles. The van der Waals surface area contributed by atoms with Crippen molar-refractivity contribution >= 4 is 27.5 Å². The van der Waals surface area contributed by atoms with Gasteiger partial charge in [-0.05, 0) is 24.1 Å². The summed E-state index contributed by atoms with van der Waals surface area (Å²) in [5, 5.41) is 0. The number of Topliss-reactive ketones (excluding diaryl/α,β-unsaturated/α-hetero) is 2. The fourth-order valence-electron chi connectivity index (χ4n) is 1.96. The minimum absolute atomic E-state index is 0.0156. The van der Waals surface area contributed by atoms with Crippen LogP contribution in [0, 0.1) is 5.92 Å². The van der Waals surface area contributed by atoms with E-state index in [4.69, 9.17) is 0 Å². The Morgan fingerprint density at radius 1 is 1.53 bits per heavy atom. The first-order valence-corrected chi connectivity index (χ1v) is 5.78. The molecule has 0 spiro atoms. The molecule has 1 atom stereocenters. The van der Waals surface area contributed by atoms with Gasteiger partial charge in [-0.2, -0.15) is 0 Å². The lowest BCUT2D eigenvalue weighted by Gasteiger charge is -2.02. The highest BCUT2D eigenvalue weighted by Gasteiger charge is 2.34. The van der Waals surface area contributed by atoms with E-state index in [1.807, 2.05) is 12.1 Å². The topological polar surface area (TPSA) is 34.1 Å². The normalized spacial score (nSPS) is 19.1. The van der Waals surface area contributed by atoms with Gasteiger partial charge in [0.05, 0.1) is 5.92 Å². The Bertz CT molecular complexity index is 437. The third kappa shape index (κ3) is 1.76. The number of fused-ring (bicyclic) bond motifs is 1. The Morgan fingerprint density at radius 3 is 2.93 bits per heavy atom. The van der Waals surface area contributed by atoms with Gasteiger partial charge < -0.3 is 0 Å². The van der Waals surface area contributed by atoms with Crippen LogP contribution >= 0.6 is 15.9 Å². The van der Waals surface area contributed by atoms with Crippen LogP contribution in [0.4, 0.5) is 0 Å². The van der Waals surface area contributed by atoms with Crippen LogP contribution in [0.15, 0.2) is 22.7 Å². The molecule has 15 heavy (non-hydrogen) atoms. The number of carbonyl (C=O) groups excluding carboxylic acids is 2. The van der Waals surface area contributed by atoms with Gasteiger partial charge in [0.15, 0.2) is 5.78 Å². The van der Waals surface area contributed by atoms with Gasteiger partial charge in [0.1, 0.15) is 5.78 Å². The molecule has 0 aliphatic heterocycles. The summed E-state index contributed by atoms with van der Waals surface area (Å²) < 4.78 is 0.888. The van der Waals surface area contributed by atoms with E-state index in [-0.39, 0.29) is 11.6 Å². The van der Waals surface area contributed by atoms with Gasteiger partial charge >= 0.3 is 0 Å². The minimum Gasteiger partial charge on any atom is -0.299 e. The van der Waals surface area contributed by atoms with Crippen molar-refractivity contribution < 1.29 is 9.59 Å². The summed E-state index contributed by atoms with van der Waals surface area (Å²) in [7, 11) is 0. The molecule has 0 aromatic heterocycles. The van der Waals surface area contributed by atoms with Gasteiger partial charge in [0.25, 0.3) is 0 Å². The highest BCUT2D eigenvalue weighted by atomic mass is 79.9. The Balaban J connectivity index is 2.38. The molecule has 1 unspecified atom stereocenters. The van der Waals surface area contributed by atoms with E-state index in [0.717, 1.165) is 10.0 Å². The van der Waals surface area contributed by atoms with Crippen molar-refractivity contribution in [2.24, 2.45) is 5.92 Å². The first kappa shape index (κ1) is 10.6. The van der Waals surface area contributed by atoms with Crippen LogP contribution in [-0.4, -0.2) is 11.6 Å². The second-order valence-electron chi connectivity index (χ2n) is 3.74. The van der Waals surface area contributed by atoms with Crippen molar-refractivity contribution in [1.29, 1.82) is 0 Å². The third-order valence-electron chi connectivity index (χ3n) is 2.82. The number of rotatable bonds is 2. The molecule has 0 amide bonds. The number of halogens is 1. The number of benzene rings is 1. The zero-order valence-electron chi connectivity index (χ0n) is 8.42. The molecule has 0 N–H and O–H groups in total. The average Bonchev–Trinajstić information content (AvgIpc) is 2.55. The Morgan fingerprint density at radius 2 is 2.27 bits per heavy atom. The Kier molecular flexibility index (Phi) is 2.74. The maximum absolute atomic E-state index is 11.9. The molecule has 0 heterocycles. The molecule has 1 aromatic carbocycles. The number of carbonyl (C=O) groups is 2. The van der Waals surface area contributed by atoms with Gasteiger partial charge in [-0.1, -0.05) is 28.9 Å². The van der Waals surface area contributed by atoms with Crippen LogP contribution in [0.1, 0.15) is 29.3 Å². The lowest BCUT2D eigenvalue weighted by Crippen LogP contribution is -2.19. The van der Waals surface area contributed by atoms with E-state index in [1.54, 1.807) is 13.0 Å². The van der Waals surface area contributed by atoms with Crippen LogP contribution < -0.4 is 0 Å². The molecule has 1 aliphatic carbocycles. The maximum Gasteiger partial charge on any atom is 0.173 e. The third-order valence-corrected chi connectivity index (χ3v) is 3.31. The van der Waals surface area contributed by atoms with E-state index in [2.05, 4.69) is 15.9 Å². The van der Waals surface area contributed by atoms with Crippen molar-refractivity contribution in [3.05, 3.63) is 33.8 Å². The molecular formula is C12H11BrO2. The lowest BCUT2D eigenvalue weighted by atomic mass is 9.98. The zero-order valence-corrected chi connectivity index (χ0v) is 10.0. The predicted octanol–water partition coefficient (Wildman–Crippen LogP) is 2.78. The maximum atomic E-state index is 11.9. The number of hydrogen-bond donors (Lipinski definition) is 0.